The molecule has 0 N–H and O–H groups in total. The minimum atomic E-state index is -0.0778. The molecule has 0 aromatic carbocycles. The monoisotopic (exact) mass is 342 g/mol. The zero-order chi connectivity index (χ0) is 17.9. The Morgan fingerprint density at radius 2 is 1.17 bits per heavy atom. The summed E-state index contributed by atoms with van der Waals surface area (Å²) in [7, 11) is 3.32. The standard InChI is InChI=1S/C21H42O3/c1-4-5-6-7-11-14-17-20(23-2)18-15-12-9-8-10-13-16-19-21(22)24-3/h20H,4-19H2,1-3H3/t20-/m1/s1. The number of methoxy groups -OCH3 is 2. The topological polar surface area (TPSA) is 35.5 Å². The van der Waals surface area contributed by atoms with E-state index in [1.165, 1.54) is 90.6 Å². The lowest BCUT2D eigenvalue weighted by atomic mass is 10.0. The molecule has 0 aliphatic heterocycles. The molecular weight excluding hydrogens is 300 g/mol. The van der Waals surface area contributed by atoms with Gasteiger partial charge in [0.15, 0.2) is 0 Å². The van der Waals surface area contributed by atoms with Crippen molar-refractivity contribution in [1.82, 2.24) is 0 Å². The van der Waals surface area contributed by atoms with Crippen molar-refractivity contribution in [3.63, 3.8) is 0 Å². The van der Waals surface area contributed by atoms with Gasteiger partial charge in [0.05, 0.1) is 13.2 Å². The van der Waals surface area contributed by atoms with E-state index in [9.17, 15) is 4.79 Å². The third-order valence-corrected chi connectivity index (χ3v) is 4.85. The number of unbranched alkanes of at least 4 members (excludes halogenated alkanes) is 11. The summed E-state index contributed by atoms with van der Waals surface area (Å²) in [6.07, 6.45) is 20.2. The molecule has 3 heteroatoms. The van der Waals surface area contributed by atoms with Crippen LogP contribution in [0.2, 0.25) is 0 Å². The van der Waals surface area contributed by atoms with Crippen molar-refractivity contribution in [3.8, 4) is 0 Å². The SMILES string of the molecule is CCCCCCCC[C@H](CCCCCCCCCC(=O)OC)OC. The third kappa shape index (κ3) is 16.3. The van der Waals surface area contributed by atoms with E-state index in [1.807, 2.05) is 7.11 Å². The maximum absolute atomic E-state index is 11.0. The summed E-state index contributed by atoms with van der Waals surface area (Å²) in [6.45, 7) is 2.27. The summed E-state index contributed by atoms with van der Waals surface area (Å²) in [6, 6.07) is 0. The van der Waals surface area contributed by atoms with Crippen molar-refractivity contribution in [2.24, 2.45) is 0 Å². The lowest BCUT2D eigenvalue weighted by Gasteiger charge is -2.15. The van der Waals surface area contributed by atoms with Crippen LogP contribution in [-0.4, -0.2) is 26.3 Å². The predicted molar refractivity (Wildman–Crippen MR) is 102 cm³/mol. The van der Waals surface area contributed by atoms with Gasteiger partial charge in [0, 0.05) is 13.5 Å². The third-order valence-electron chi connectivity index (χ3n) is 4.85. The average molecular weight is 343 g/mol. The van der Waals surface area contributed by atoms with E-state index in [0.717, 1.165) is 12.8 Å². The highest BCUT2D eigenvalue weighted by atomic mass is 16.5. The number of ether oxygens (including phenoxy) is 2. The summed E-state index contributed by atoms with van der Waals surface area (Å²) >= 11 is 0. The molecule has 0 saturated carbocycles. The maximum Gasteiger partial charge on any atom is 0.305 e. The van der Waals surface area contributed by atoms with Crippen LogP contribution in [0.1, 0.15) is 110 Å². The molecular formula is C21H42O3. The first-order chi connectivity index (χ1) is 11.7. The van der Waals surface area contributed by atoms with Crippen molar-refractivity contribution in [1.29, 1.82) is 0 Å². The first-order valence-electron chi connectivity index (χ1n) is 10.3. The molecule has 0 unspecified atom stereocenters. The van der Waals surface area contributed by atoms with Gasteiger partial charge >= 0.3 is 5.97 Å². The van der Waals surface area contributed by atoms with E-state index in [1.54, 1.807) is 0 Å². The van der Waals surface area contributed by atoms with Crippen molar-refractivity contribution >= 4 is 5.97 Å². The van der Waals surface area contributed by atoms with Gasteiger partial charge in [-0.1, -0.05) is 84.0 Å². The lowest BCUT2D eigenvalue weighted by Crippen LogP contribution is -2.10. The van der Waals surface area contributed by atoms with Crippen molar-refractivity contribution in [2.45, 2.75) is 116 Å². The number of hydrogen-bond acceptors (Lipinski definition) is 3. The van der Waals surface area contributed by atoms with Crippen molar-refractivity contribution < 1.29 is 14.3 Å². The molecule has 1 atom stereocenters. The molecule has 0 aromatic heterocycles. The van der Waals surface area contributed by atoms with Gasteiger partial charge in [-0.2, -0.15) is 0 Å². The highest BCUT2D eigenvalue weighted by Crippen LogP contribution is 2.16. The largest absolute Gasteiger partial charge is 0.469 e. The van der Waals surface area contributed by atoms with Gasteiger partial charge in [-0.05, 0) is 19.3 Å². The molecule has 0 spiro atoms. The van der Waals surface area contributed by atoms with E-state index in [-0.39, 0.29) is 5.97 Å². The Kier molecular flexibility index (Phi) is 18.3. The number of carbonyl (C=O) groups is 1. The van der Waals surface area contributed by atoms with Crippen LogP contribution in [-0.2, 0) is 14.3 Å². The van der Waals surface area contributed by atoms with E-state index in [4.69, 9.17) is 4.74 Å². The quantitative estimate of drug-likeness (QED) is 0.212. The van der Waals surface area contributed by atoms with Crippen LogP contribution in [0.5, 0.6) is 0 Å². The fourth-order valence-corrected chi connectivity index (χ4v) is 3.16. The first-order valence-corrected chi connectivity index (χ1v) is 10.3. The van der Waals surface area contributed by atoms with Gasteiger partial charge in [0.25, 0.3) is 0 Å². The molecule has 3 nitrogen and oxygen atoms in total. The van der Waals surface area contributed by atoms with Gasteiger partial charge in [-0.25, -0.2) is 0 Å². The summed E-state index contributed by atoms with van der Waals surface area (Å²) < 4.78 is 10.3. The van der Waals surface area contributed by atoms with Gasteiger partial charge in [0.1, 0.15) is 0 Å². The predicted octanol–water partition coefficient (Wildman–Crippen LogP) is 6.44. The highest BCUT2D eigenvalue weighted by Gasteiger charge is 2.06. The van der Waals surface area contributed by atoms with Crippen LogP contribution in [0, 0.1) is 0 Å². The number of rotatable bonds is 18. The zero-order valence-corrected chi connectivity index (χ0v) is 16.6. The van der Waals surface area contributed by atoms with Gasteiger partial charge in [-0.15, -0.1) is 0 Å². The molecule has 24 heavy (non-hydrogen) atoms. The summed E-state index contributed by atoms with van der Waals surface area (Å²) in [5.74, 6) is -0.0778. The Bertz CT molecular complexity index is 266. The lowest BCUT2D eigenvalue weighted by molar-refractivity contribution is -0.140. The molecule has 144 valence electrons. The second kappa shape index (κ2) is 18.8. The van der Waals surface area contributed by atoms with E-state index >= 15 is 0 Å². The number of carbonyl (C=O) groups excluding carboxylic acids is 1. The Morgan fingerprint density at radius 1 is 0.708 bits per heavy atom. The molecule has 0 aromatic rings. The van der Waals surface area contributed by atoms with E-state index in [2.05, 4.69) is 11.7 Å². The summed E-state index contributed by atoms with van der Waals surface area (Å²) in [4.78, 5) is 11.0. The summed E-state index contributed by atoms with van der Waals surface area (Å²) in [5.41, 5.74) is 0. The Morgan fingerprint density at radius 3 is 1.62 bits per heavy atom. The molecule has 0 heterocycles. The second-order valence-corrected chi connectivity index (χ2v) is 7.00. The molecule has 0 radical (unpaired) electrons. The molecule has 0 rings (SSSR count). The van der Waals surface area contributed by atoms with Crippen LogP contribution in [0.3, 0.4) is 0 Å². The molecule has 0 bridgehead atoms. The van der Waals surface area contributed by atoms with Gasteiger partial charge in [0.2, 0.25) is 0 Å². The fraction of sp³-hybridized carbons (Fsp3) is 0.952. The minimum Gasteiger partial charge on any atom is -0.469 e. The van der Waals surface area contributed by atoms with Gasteiger partial charge in [-0.3, -0.25) is 4.79 Å². The Labute approximate surface area is 150 Å². The second-order valence-electron chi connectivity index (χ2n) is 7.00. The Balaban J connectivity index is 3.33. The molecule has 0 amide bonds. The normalized spacial score (nSPS) is 12.3. The van der Waals surface area contributed by atoms with Gasteiger partial charge < -0.3 is 9.47 Å². The minimum absolute atomic E-state index is 0.0778. The first kappa shape index (κ1) is 23.4. The molecule has 0 aliphatic carbocycles. The molecule has 0 fully saturated rings. The van der Waals surface area contributed by atoms with E-state index in [0.29, 0.717) is 12.5 Å². The van der Waals surface area contributed by atoms with E-state index < -0.39 is 0 Å². The van der Waals surface area contributed by atoms with Crippen LogP contribution >= 0.6 is 0 Å². The number of esters is 1. The summed E-state index contributed by atoms with van der Waals surface area (Å²) in [5, 5.41) is 0. The number of hydrogen-bond donors (Lipinski definition) is 0. The average Bonchev–Trinajstić information content (AvgIpc) is 2.60. The Hall–Kier alpha value is -0.570. The zero-order valence-electron chi connectivity index (χ0n) is 16.6. The maximum atomic E-state index is 11.0. The molecule has 0 saturated heterocycles. The van der Waals surface area contributed by atoms with Crippen molar-refractivity contribution in [3.05, 3.63) is 0 Å². The van der Waals surface area contributed by atoms with Crippen LogP contribution in [0.15, 0.2) is 0 Å². The van der Waals surface area contributed by atoms with Crippen LogP contribution in [0.25, 0.3) is 0 Å². The highest BCUT2D eigenvalue weighted by molar-refractivity contribution is 5.68. The van der Waals surface area contributed by atoms with Crippen LogP contribution in [0.4, 0.5) is 0 Å². The van der Waals surface area contributed by atoms with Crippen molar-refractivity contribution in [2.75, 3.05) is 14.2 Å². The fourth-order valence-electron chi connectivity index (χ4n) is 3.16. The smallest absolute Gasteiger partial charge is 0.305 e. The van der Waals surface area contributed by atoms with Crippen LogP contribution < -0.4 is 0 Å². The molecule has 0 aliphatic rings.